The molecule has 2 aromatic heterocycles. The summed E-state index contributed by atoms with van der Waals surface area (Å²) in [6.45, 7) is 6.01. The van der Waals surface area contributed by atoms with Gasteiger partial charge in [-0.15, -0.1) is 11.3 Å². The smallest absolute Gasteiger partial charge is 0.263 e. The second-order valence-electron chi connectivity index (χ2n) is 7.96. The third-order valence-electron chi connectivity index (χ3n) is 5.79. The minimum absolute atomic E-state index is 0.152. The molecule has 0 aliphatic carbocycles. The van der Waals surface area contributed by atoms with Crippen LogP contribution in [-0.2, 0) is 6.42 Å². The van der Waals surface area contributed by atoms with E-state index in [9.17, 15) is 4.79 Å². The Kier molecular flexibility index (Phi) is 5.37. The van der Waals surface area contributed by atoms with Crippen LogP contribution in [0.1, 0.15) is 20.9 Å². The number of carbonyl (C=O) groups excluding carboxylic acids is 1. The first kappa shape index (κ1) is 20.4. The molecule has 1 fully saturated rings. The van der Waals surface area contributed by atoms with Crippen molar-refractivity contribution in [3.8, 4) is 5.75 Å². The SMILES string of the molecule is Cc1ccc2c(N)c(C(=O)N[C@@H]3COc4c(ccc(N5CCNCC5)c4Cl)C3)sc2n1. The molecule has 162 valence electrons. The van der Waals surface area contributed by atoms with Gasteiger partial charge in [0.25, 0.3) is 5.91 Å². The summed E-state index contributed by atoms with van der Waals surface area (Å²) >= 11 is 8.01. The highest BCUT2D eigenvalue weighted by Crippen LogP contribution is 2.40. The molecule has 0 saturated carbocycles. The van der Waals surface area contributed by atoms with Gasteiger partial charge in [-0.2, -0.15) is 0 Å². The standard InChI is InChI=1S/C22H24ClN5O2S/c1-12-2-4-15-18(24)20(31-22(15)26-12)21(29)27-14-10-13-3-5-16(17(23)19(13)30-11-14)28-8-6-25-7-9-28/h2-5,14,25H,6-11,24H2,1H3,(H,27,29)/t14-/m0/s1. The third kappa shape index (κ3) is 3.79. The molecule has 3 aromatic rings. The number of rotatable bonds is 3. The maximum absolute atomic E-state index is 12.9. The number of nitrogens with one attached hydrogen (secondary N) is 2. The third-order valence-corrected chi connectivity index (χ3v) is 7.26. The minimum atomic E-state index is -0.196. The van der Waals surface area contributed by atoms with E-state index < -0.39 is 0 Å². The first-order chi connectivity index (χ1) is 15.0. The molecule has 1 atom stereocenters. The molecule has 4 N–H and O–H groups in total. The minimum Gasteiger partial charge on any atom is -0.490 e. The summed E-state index contributed by atoms with van der Waals surface area (Å²) in [5.74, 6) is 0.531. The predicted molar refractivity (Wildman–Crippen MR) is 126 cm³/mol. The summed E-state index contributed by atoms with van der Waals surface area (Å²) in [6.07, 6.45) is 0.658. The summed E-state index contributed by atoms with van der Waals surface area (Å²) in [5, 5.41) is 7.89. The number of ether oxygens (including phenoxy) is 1. The highest BCUT2D eigenvalue weighted by molar-refractivity contribution is 7.21. The van der Waals surface area contributed by atoms with Gasteiger partial charge >= 0.3 is 0 Å². The van der Waals surface area contributed by atoms with Gasteiger partial charge in [0.05, 0.1) is 17.4 Å². The van der Waals surface area contributed by atoms with Gasteiger partial charge in [0.1, 0.15) is 27.1 Å². The molecule has 1 amide bonds. The fraction of sp³-hybridized carbons (Fsp3) is 0.364. The monoisotopic (exact) mass is 457 g/mol. The van der Waals surface area contributed by atoms with Crippen LogP contribution in [0.15, 0.2) is 24.3 Å². The van der Waals surface area contributed by atoms with E-state index >= 15 is 0 Å². The number of carbonyl (C=O) groups is 1. The predicted octanol–water partition coefficient (Wildman–Crippen LogP) is 2.98. The largest absolute Gasteiger partial charge is 0.490 e. The zero-order valence-electron chi connectivity index (χ0n) is 17.2. The Morgan fingerprint density at radius 2 is 2.13 bits per heavy atom. The van der Waals surface area contributed by atoms with Crippen molar-refractivity contribution >= 4 is 50.4 Å². The van der Waals surface area contributed by atoms with Crippen LogP contribution in [0.4, 0.5) is 11.4 Å². The van der Waals surface area contributed by atoms with Crippen molar-refractivity contribution in [2.75, 3.05) is 43.4 Å². The molecule has 9 heteroatoms. The van der Waals surface area contributed by atoms with Crippen molar-refractivity contribution in [1.82, 2.24) is 15.6 Å². The molecule has 0 unspecified atom stereocenters. The average molecular weight is 458 g/mol. The Balaban J connectivity index is 1.32. The molecule has 4 heterocycles. The Hall–Kier alpha value is -2.55. The van der Waals surface area contributed by atoms with Gasteiger partial charge in [-0.3, -0.25) is 4.79 Å². The van der Waals surface area contributed by atoms with Crippen LogP contribution in [0, 0.1) is 6.92 Å². The molecule has 2 aliphatic heterocycles. The van der Waals surface area contributed by atoms with E-state index in [-0.39, 0.29) is 11.9 Å². The number of nitrogens with two attached hydrogens (primary N) is 1. The van der Waals surface area contributed by atoms with Crippen molar-refractivity contribution < 1.29 is 9.53 Å². The second kappa shape index (κ2) is 8.18. The lowest BCUT2D eigenvalue weighted by Crippen LogP contribution is -2.44. The molecular weight excluding hydrogens is 434 g/mol. The van der Waals surface area contributed by atoms with Crippen molar-refractivity contribution in [3.63, 3.8) is 0 Å². The summed E-state index contributed by atoms with van der Waals surface area (Å²) in [6, 6.07) is 7.77. The number of thiophene rings is 1. The van der Waals surface area contributed by atoms with Gasteiger partial charge in [-0.1, -0.05) is 17.7 Å². The number of piperazine rings is 1. The lowest BCUT2D eigenvalue weighted by atomic mass is 10.0. The molecule has 0 spiro atoms. The molecule has 1 saturated heterocycles. The van der Waals surface area contributed by atoms with Crippen molar-refractivity contribution in [2.24, 2.45) is 0 Å². The van der Waals surface area contributed by atoms with E-state index in [0.29, 0.717) is 28.6 Å². The van der Waals surface area contributed by atoms with Gasteiger partial charge in [0.2, 0.25) is 0 Å². The first-order valence-corrected chi connectivity index (χ1v) is 11.6. The summed E-state index contributed by atoms with van der Waals surface area (Å²) in [4.78, 5) is 21.0. The van der Waals surface area contributed by atoms with Crippen LogP contribution in [0.5, 0.6) is 5.75 Å². The van der Waals surface area contributed by atoms with Crippen LogP contribution >= 0.6 is 22.9 Å². The van der Waals surface area contributed by atoms with Crippen molar-refractivity contribution in [1.29, 1.82) is 0 Å². The summed E-state index contributed by atoms with van der Waals surface area (Å²) in [7, 11) is 0. The van der Waals surface area contributed by atoms with Gasteiger partial charge in [0.15, 0.2) is 0 Å². The molecule has 2 aliphatic rings. The van der Waals surface area contributed by atoms with Crippen molar-refractivity contribution in [2.45, 2.75) is 19.4 Å². The number of nitrogens with zero attached hydrogens (tertiary/aromatic N) is 2. The van der Waals surface area contributed by atoms with Crippen molar-refractivity contribution in [3.05, 3.63) is 45.4 Å². The quantitative estimate of drug-likeness (QED) is 0.560. The van der Waals surface area contributed by atoms with E-state index in [1.807, 2.05) is 19.1 Å². The van der Waals surface area contributed by atoms with E-state index in [1.54, 1.807) is 0 Å². The number of nitrogen functional groups attached to an aromatic ring is 1. The summed E-state index contributed by atoms with van der Waals surface area (Å²) in [5.41, 5.74) is 9.61. The zero-order valence-corrected chi connectivity index (χ0v) is 18.8. The van der Waals surface area contributed by atoms with E-state index in [2.05, 4.69) is 32.7 Å². The van der Waals surface area contributed by atoms with Crippen LogP contribution in [0.3, 0.4) is 0 Å². The molecule has 31 heavy (non-hydrogen) atoms. The van der Waals surface area contributed by atoms with Gasteiger partial charge in [0, 0.05) is 37.3 Å². The van der Waals surface area contributed by atoms with E-state index in [4.69, 9.17) is 22.1 Å². The number of pyridine rings is 1. The molecule has 5 rings (SSSR count). The molecular formula is C22H24ClN5O2S. The number of amides is 1. The summed E-state index contributed by atoms with van der Waals surface area (Å²) < 4.78 is 6.01. The van der Waals surface area contributed by atoms with Crippen LogP contribution in [-0.4, -0.2) is 49.7 Å². The maximum atomic E-state index is 12.9. The van der Waals surface area contributed by atoms with E-state index in [1.165, 1.54) is 11.3 Å². The fourth-order valence-electron chi connectivity index (χ4n) is 4.16. The molecule has 1 aromatic carbocycles. The highest BCUT2D eigenvalue weighted by atomic mass is 35.5. The number of hydrogen-bond donors (Lipinski definition) is 3. The lowest BCUT2D eigenvalue weighted by molar-refractivity contribution is 0.0920. The van der Waals surface area contributed by atoms with Crippen LogP contribution in [0.2, 0.25) is 5.02 Å². The van der Waals surface area contributed by atoms with Crippen LogP contribution in [0.25, 0.3) is 10.2 Å². The number of halogens is 1. The zero-order chi connectivity index (χ0) is 21.5. The number of fused-ring (bicyclic) bond motifs is 2. The number of hydrogen-bond acceptors (Lipinski definition) is 7. The topological polar surface area (TPSA) is 92.5 Å². The maximum Gasteiger partial charge on any atom is 0.263 e. The Morgan fingerprint density at radius 1 is 1.32 bits per heavy atom. The molecule has 0 bridgehead atoms. The van der Waals surface area contributed by atoms with Crippen LogP contribution < -0.4 is 26.0 Å². The fourth-order valence-corrected chi connectivity index (χ4v) is 5.56. The number of aromatic nitrogens is 1. The Morgan fingerprint density at radius 3 is 2.94 bits per heavy atom. The van der Waals surface area contributed by atoms with E-state index in [0.717, 1.165) is 59.1 Å². The second-order valence-corrected chi connectivity index (χ2v) is 9.34. The number of aryl methyl sites for hydroxylation is 1. The molecule has 7 nitrogen and oxygen atoms in total. The van der Waals surface area contributed by atoms with Gasteiger partial charge in [-0.05, 0) is 37.1 Å². The normalized spacial score (nSPS) is 18.5. The van der Waals surface area contributed by atoms with Gasteiger partial charge < -0.3 is 26.0 Å². The van der Waals surface area contributed by atoms with Gasteiger partial charge in [-0.25, -0.2) is 4.98 Å². The first-order valence-electron chi connectivity index (χ1n) is 10.4. The Bertz CT molecular complexity index is 1160. The number of anilines is 2. The molecule has 0 radical (unpaired) electrons. The Labute approximate surface area is 189 Å². The lowest BCUT2D eigenvalue weighted by Gasteiger charge is -2.33. The number of benzene rings is 1. The highest BCUT2D eigenvalue weighted by Gasteiger charge is 2.28. The average Bonchev–Trinajstić information content (AvgIpc) is 3.10.